The topological polar surface area (TPSA) is 20.2 Å². The van der Waals surface area contributed by atoms with Crippen LogP contribution in [0.15, 0.2) is 72.8 Å². The Hall–Kier alpha value is -2.36. The molecule has 194 valence electrons. The summed E-state index contributed by atoms with van der Waals surface area (Å²) >= 11 is 0. The minimum Gasteiger partial charge on any atom is -1.00 e. The average molecular weight is 574 g/mol. The minimum atomic E-state index is -4.89. The predicted octanol–water partition coefficient (Wildman–Crippen LogP) is 4.07. The van der Waals surface area contributed by atoms with E-state index in [0.717, 1.165) is 35.2 Å². The molecule has 4 rings (SSSR count). The maximum Gasteiger partial charge on any atom is 0.416 e. The first kappa shape index (κ1) is 28.2. The molecule has 0 bridgehead atoms. The van der Waals surface area contributed by atoms with Crippen LogP contribution in [0.2, 0.25) is 0 Å². The molecule has 0 spiro atoms. The molecule has 9 heteroatoms. The molecular formula is C27H26BrF6NO. The Labute approximate surface area is 216 Å². The van der Waals surface area contributed by atoms with Crippen molar-refractivity contribution in [2.24, 2.45) is 0 Å². The Kier molecular flexibility index (Phi) is 8.58. The Bertz CT molecular complexity index is 1120. The summed E-state index contributed by atoms with van der Waals surface area (Å²) in [7, 11) is 0. The lowest BCUT2D eigenvalue weighted by atomic mass is 10.0. The Balaban J connectivity index is 0.00000361. The van der Waals surface area contributed by atoms with Gasteiger partial charge in [0, 0.05) is 24.0 Å². The maximum absolute atomic E-state index is 13.4. The molecule has 2 nitrogen and oxygen atoms in total. The minimum absolute atomic E-state index is 0. The molecule has 1 fully saturated rings. The molecule has 3 aromatic rings. The fourth-order valence-electron chi connectivity index (χ4n) is 5.11. The van der Waals surface area contributed by atoms with Gasteiger partial charge < -0.3 is 26.6 Å². The number of halogens is 7. The first-order valence-electron chi connectivity index (χ1n) is 11.4. The highest BCUT2D eigenvalue weighted by Gasteiger charge is 2.43. The molecule has 0 aliphatic carbocycles. The lowest BCUT2D eigenvalue weighted by Gasteiger charge is -2.40. The van der Waals surface area contributed by atoms with Gasteiger partial charge in [0.1, 0.15) is 19.1 Å². The van der Waals surface area contributed by atoms with Crippen molar-refractivity contribution in [1.82, 2.24) is 0 Å². The quantitative estimate of drug-likeness (QED) is 0.348. The fraction of sp³-hybridized carbons (Fsp3) is 0.333. The monoisotopic (exact) mass is 573 g/mol. The SMILES string of the molecule is OC[C@@H]1CCC[N+]1(Cc1ccc(-c2ccccc2)cc1)Cc1cc(C(F)(F)F)cc(C(F)(F)F)c1.[Br-]. The zero-order valence-electron chi connectivity index (χ0n) is 19.3. The number of aliphatic hydroxyl groups is 1. The third-order valence-corrected chi connectivity index (χ3v) is 6.83. The lowest BCUT2D eigenvalue weighted by Crippen LogP contribution is -3.00. The van der Waals surface area contributed by atoms with E-state index < -0.39 is 23.5 Å². The zero-order valence-corrected chi connectivity index (χ0v) is 20.9. The highest BCUT2D eigenvalue weighted by Crippen LogP contribution is 2.39. The van der Waals surface area contributed by atoms with E-state index in [1.807, 2.05) is 54.6 Å². The second-order valence-electron chi connectivity index (χ2n) is 9.21. The number of hydrogen-bond donors (Lipinski definition) is 1. The van der Waals surface area contributed by atoms with Crippen molar-refractivity contribution < 1.29 is 52.9 Å². The molecule has 1 unspecified atom stereocenters. The molecule has 0 radical (unpaired) electrons. The van der Waals surface area contributed by atoms with Crippen molar-refractivity contribution in [2.45, 2.75) is 44.3 Å². The molecule has 3 aromatic carbocycles. The molecule has 36 heavy (non-hydrogen) atoms. The highest BCUT2D eigenvalue weighted by atomic mass is 79.9. The van der Waals surface area contributed by atoms with Crippen molar-refractivity contribution in [3.8, 4) is 11.1 Å². The Morgan fingerprint density at radius 1 is 0.722 bits per heavy atom. The highest BCUT2D eigenvalue weighted by molar-refractivity contribution is 5.63. The largest absolute Gasteiger partial charge is 1.00 e. The fourth-order valence-corrected chi connectivity index (χ4v) is 5.11. The molecule has 1 heterocycles. The molecular weight excluding hydrogens is 548 g/mol. The van der Waals surface area contributed by atoms with Crippen molar-refractivity contribution in [1.29, 1.82) is 0 Å². The van der Waals surface area contributed by atoms with Crippen LogP contribution in [0, 0.1) is 0 Å². The van der Waals surface area contributed by atoms with Crippen LogP contribution in [0.5, 0.6) is 0 Å². The van der Waals surface area contributed by atoms with Gasteiger partial charge in [0.15, 0.2) is 0 Å². The number of aliphatic hydroxyl groups excluding tert-OH is 1. The van der Waals surface area contributed by atoms with Gasteiger partial charge in [-0.3, -0.25) is 0 Å². The molecule has 0 saturated carbocycles. The van der Waals surface area contributed by atoms with Gasteiger partial charge in [-0.05, 0) is 29.3 Å². The first-order chi connectivity index (χ1) is 16.5. The Morgan fingerprint density at radius 3 is 1.78 bits per heavy atom. The van der Waals surface area contributed by atoms with E-state index in [4.69, 9.17) is 0 Å². The average Bonchev–Trinajstić information content (AvgIpc) is 3.20. The van der Waals surface area contributed by atoms with Crippen molar-refractivity contribution >= 4 is 0 Å². The summed E-state index contributed by atoms with van der Waals surface area (Å²) < 4.78 is 80.6. The second kappa shape index (κ2) is 10.9. The summed E-state index contributed by atoms with van der Waals surface area (Å²) in [6.07, 6.45) is -8.40. The molecule has 1 aliphatic rings. The van der Waals surface area contributed by atoms with Gasteiger partial charge in [0.2, 0.25) is 0 Å². The van der Waals surface area contributed by atoms with Crippen LogP contribution >= 0.6 is 0 Å². The molecule has 1 N–H and O–H groups in total. The van der Waals surface area contributed by atoms with Crippen LogP contribution in [0.4, 0.5) is 26.3 Å². The van der Waals surface area contributed by atoms with E-state index in [1.165, 1.54) is 0 Å². The number of alkyl halides is 6. The molecule has 2 atom stereocenters. The zero-order chi connectivity index (χ0) is 25.3. The van der Waals surface area contributed by atoms with Crippen LogP contribution in [-0.4, -0.2) is 28.8 Å². The van der Waals surface area contributed by atoms with Crippen molar-refractivity contribution in [2.75, 3.05) is 13.2 Å². The van der Waals surface area contributed by atoms with E-state index in [2.05, 4.69) is 0 Å². The summed E-state index contributed by atoms with van der Waals surface area (Å²) in [6.45, 7) is 0.743. The van der Waals surface area contributed by atoms with Gasteiger partial charge in [-0.1, -0.05) is 54.6 Å². The van der Waals surface area contributed by atoms with Crippen LogP contribution < -0.4 is 17.0 Å². The number of quaternary nitrogens is 1. The van der Waals surface area contributed by atoms with Gasteiger partial charge in [-0.15, -0.1) is 0 Å². The van der Waals surface area contributed by atoms with Crippen LogP contribution in [-0.2, 0) is 25.4 Å². The van der Waals surface area contributed by atoms with Crippen molar-refractivity contribution in [3.05, 3.63) is 95.1 Å². The standard InChI is InChI=1S/C27H26F6NO.BrH/c28-26(29,30)23-13-20(14-24(15-23)27(31,32)33)17-34(12-4-7-25(34)18-35)16-19-8-10-22(11-9-19)21-5-2-1-3-6-21;/h1-3,5-6,8-11,13-15,25,35H,4,7,12,16-18H2;1H/q+1;/p-1/t25-,34?;/m0./s1. The van der Waals surface area contributed by atoms with Crippen LogP contribution in [0.3, 0.4) is 0 Å². The second-order valence-corrected chi connectivity index (χ2v) is 9.21. The van der Waals surface area contributed by atoms with E-state index in [-0.39, 0.29) is 52.3 Å². The lowest BCUT2D eigenvalue weighted by molar-refractivity contribution is -0.964. The normalized spacial score (nSPS) is 20.2. The molecule has 0 amide bonds. The number of benzene rings is 3. The number of likely N-dealkylation sites (tertiary alicyclic amines) is 1. The smallest absolute Gasteiger partial charge is 0.416 e. The molecule has 1 saturated heterocycles. The van der Waals surface area contributed by atoms with Crippen LogP contribution in [0.1, 0.15) is 35.1 Å². The van der Waals surface area contributed by atoms with E-state index in [0.29, 0.717) is 19.5 Å². The molecule has 0 aromatic heterocycles. The summed E-state index contributed by atoms with van der Waals surface area (Å²) in [5.41, 5.74) is 0.302. The van der Waals surface area contributed by atoms with Gasteiger partial charge in [-0.2, -0.15) is 26.3 Å². The van der Waals surface area contributed by atoms with Gasteiger partial charge in [-0.25, -0.2) is 0 Å². The maximum atomic E-state index is 13.4. The third kappa shape index (κ3) is 6.30. The number of rotatable bonds is 6. The Morgan fingerprint density at radius 2 is 1.25 bits per heavy atom. The summed E-state index contributed by atoms with van der Waals surface area (Å²) in [5.74, 6) is 0. The number of nitrogens with zero attached hydrogens (tertiary/aromatic N) is 1. The van der Waals surface area contributed by atoms with Crippen LogP contribution in [0.25, 0.3) is 11.1 Å². The van der Waals surface area contributed by atoms with Gasteiger partial charge >= 0.3 is 12.4 Å². The van der Waals surface area contributed by atoms with Crippen molar-refractivity contribution in [3.63, 3.8) is 0 Å². The third-order valence-electron chi connectivity index (χ3n) is 6.83. The first-order valence-corrected chi connectivity index (χ1v) is 11.4. The van der Waals surface area contributed by atoms with E-state index in [9.17, 15) is 31.4 Å². The van der Waals surface area contributed by atoms with Gasteiger partial charge in [0.05, 0.1) is 24.3 Å². The van der Waals surface area contributed by atoms with E-state index in [1.54, 1.807) is 0 Å². The van der Waals surface area contributed by atoms with Gasteiger partial charge in [0.25, 0.3) is 0 Å². The molecule has 1 aliphatic heterocycles. The van der Waals surface area contributed by atoms with E-state index >= 15 is 0 Å². The predicted molar refractivity (Wildman–Crippen MR) is 121 cm³/mol. The summed E-state index contributed by atoms with van der Waals surface area (Å²) in [6, 6.07) is 19.0. The number of hydrogen-bond acceptors (Lipinski definition) is 1. The summed E-state index contributed by atoms with van der Waals surface area (Å²) in [5, 5.41) is 10.0. The summed E-state index contributed by atoms with van der Waals surface area (Å²) in [4.78, 5) is 0.